The highest BCUT2D eigenvalue weighted by atomic mass is 16.4. The summed E-state index contributed by atoms with van der Waals surface area (Å²) in [6, 6.07) is 16.1. The van der Waals surface area contributed by atoms with E-state index in [4.69, 9.17) is 0 Å². The largest absolute Gasteiger partial charge is 0.479 e. The molecule has 2 aromatic carbocycles. The van der Waals surface area contributed by atoms with E-state index in [1.54, 1.807) is 36.4 Å². The van der Waals surface area contributed by atoms with Crippen LogP contribution in [0.5, 0.6) is 0 Å². The van der Waals surface area contributed by atoms with Crippen molar-refractivity contribution in [2.24, 2.45) is 0 Å². The standard InChI is InChI=1S/C21H25NO3/c1-2-22-14-8-9-16(15-22)18-12-6-7-13-19(18)21(25,20(23)24)17-10-4-3-5-11-17/h3-7,10-13,16,25H,2,8-9,14-15H2,1H3,(H,23,24). The summed E-state index contributed by atoms with van der Waals surface area (Å²) in [5.74, 6) is -1.01. The monoisotopic (exact) mass is 339 g/mol. The molecule has 1 fully saturated rings. The van der Waals surface area contributed by atoms with Crippen LogP contribution in [-0.2, 0) is 10.4 Å². The first-order chi connectivity index (χ1) is 12.1. The highest BCUT2D eigenvalue weighted by Crippen LogP contribution is 2.38. The Morgan fingerprint density at radius 2 is 1.84 bits per heavy atom. The van der Waals surface area contributed by atoms with E-state index >= 15 is 0 Å². The normalized spacial score (nSPS) is 20.8. The van der Waals surface area contributed by atoms with Gasteiger partial charge in [0.25, 0.3) is 0 Å². The number of hydrogen-bond acceptors (Lipinski definition) is 3. The van der Waals surface area contributed by atoms with Gasteiger partial charge in [0.15, 0.2) is 0 Å². The van der Waals surface area contributed by atoms with E-state index in [2.05, 4.69) is 11.8 Å². The van der Waals surface area contributed by atoms with Crippen LogP contribution in [0.1, 0.15) is 42.4 Å². The Morgan fingerprint density at radius 1 is 1.16 bits per heavy atom. The summed E-state index contributed by atoms with van der Waals surface area (Å²) in [4.78, 5) is 14.5. The Morgan fingerprint density at radius 3 is 2.52 bits per heavy atom. The van der Waals surface area contributed by atoms with E-state index in [0.717, 1.165) is 38.0 Å². The summed E-state index contributed by atoms with van der Waals surface area (Å²) in [5.41, 5.74) is -0.226. The lowest BCUT2D eigenvalue weighted by atomic mass is 9.78. The van der Waals surface area contributed by atoms with Crippen LogP contribution in [0.2, 0.25) is 0 Å². The fourth-order valence-electron chi connectivity index (χ4n) is 3.85. The van der Waals surface area contributed by atoms with Crippen molar-refractivity contribution in [1.82, 2.24) is 4.90 Å². The molecular weight excluding hydrogens is 314 g/mol. The lowest BCUT2D eigenvalue weighted by Crippen LogP contribution is -2.40. The molecule has 1 saturated heterocycles. The lowest BCUT2D eigenvalue weighted by molar-refractivity contribution is -0.155. The van der Waals surface area contributed by atoms with Gasteiger partial charge in [-0.25, -0.2) is 4.79 Å². The van der Waals surface area contributed by atoms with E-state index in [1.807, 2.05) is 18.2 Å². The van der Waals surface area contributed by atoms with Crippen molar-refractivity contribution in [2.45, 2.75) is 31.3 Å². The van der Waals surface area contributed by atoms with Gasteiger partial charge in [0.2, 0.25) is 5.60 Å². The van der Waals surface area contributed by atoms with Crippen LogP contribution in [0.25, 0.3) is 0 Å². The summed E-state index contributed by atoms with van der Waals surface area (Å²) in [7, 11) is 0. The molecule has 0 spiro atoms. The highest BCUT2D eigenvalue weighted by Gasteiger charge is 2.42. The quantitative estimate of drug-likeness (QED) is 0.878. The number of aliphatic carboxylic acids is 1. The molecule has 3 rings (SSSR count). The molecule has 2 aromatic rings. The van der Waals surface area contributed by atoms with Crippen LogP contribution in [0, 0.1) is 0 Å². The molecule has 0 saturated carbocycles. The number of piperidine rings is 1. The number of rotatable bonds is 5. The maximum atomic E-state index is 12.1. The summed E-state index contributed by atoms with van der Waals surface area (Å²) in [6.45, 7) is 5.11. The van der Waals surface area contributed by atoms with Crippen LogP contribution in [0.3, 0.4) is 0 Å². The smallest absolute Gasteiger partial charge is 0.345 e. The molecule has 4 heteroatoms. The molecule has 0 radical (unpaired) electrons. The van der Waals surface area contributed by atoms with Crippen LogP contribution in [0.15, 0.2) is 54.6 Å². The van der Waals surface area contributed by atoms with Gasteiger partial charge in [-0.2, -0.15) is 0 Å². The third-order valence-electron chi connectivity index (χ3n) is 5.24. The Hall–Kier alpha value is -2.17. The minimum atomic E-state index is -2.04. The zero-order valence-electron chi connectivity index (χ0n) is 14.6. The van der Waals surface area contributed by atoms with Gasteiger partial charge in [0, 0.05) is 12.1 Å². The van der Waals surface area contributed by atoms with Gasteiger partial charge in [-0.1, -0.05) is 61.5 Å². The van der Waals surface area contributed by atoms with Crippen molar-refractivity contribution in [3.63, 3.8) is 0 Å². The second-order valence-electron chi connectivity index (χ2n) is 6.70. The van der Waals surface area contributed by atoms with E-state index in [9.17, 15) is 15.0 Å². The molecular formula is C21H25NO3. The maximum absolute atomic E-state index is 12.1. The van der Waals surface area contributed by atoms with Crippen molar-refractivity contribution in [3.05, 3.63) is 71.3 Å². The lowest BCUT2D eigenvalue weighted by Gasteiger charge is -2.35. The molecule has 2 N–H and O–H groups in total. The third kappa shape index (κ3) is 3.32. The second-order valence-corrected chi connectivity index (χ2v) is 6.70. The minimum Gasteiger partial charge on any atom is -0.479 e. The number of likely N-dealkylation sites (tertiary alicyclic amines) is 1. The molecule has 2 unspecified atom stereocenters. The number of nitrogens with zero attached hydrogens (tertiary/aromatic N) is 1. The van der Waals surface area contributed by atoms with E-state index in [1.165, 1.54) is 0 Å². The topological polar surface area (TPSA) is 60.8 Å². The zero-order valence-corrected chi connectivity index (χ0v) is 14.6. The van der Waals surface area contributed by atoms with Crippen molar-refractivity contribution in [1.29, 1.82) is 0 Å². The molecule has 0 amide bonds. The number of likely N-dealkylation sites (N-methyl/N-ethyl adjacent to an activating group) is 1. The Kier molecular flexibility index (Phi) is 5.21. The van der Waals surface area contributed by atoms with Gasteiger partial charge in [-0.15, -0.1) is 0 Å². The SMILES string of the molecule is CCN1CCCC(c2ccccc2C(O)(C(=O)O)c2ccccc2)C1. The number of carbonyl (C=O) groups is 1. The Bertz CT molecular complexity index is 731. The zero-order chi connectivity index (χ0) is 17.9. The molecule has 0 aliphatic carbocycles. The molecule has 2 atom stereocenters. The van der Waals surface area contributed by atoms with Crippen molar-refractivity contribution >= 4 is 5.97 Å². The number of hydrogen-bond donors (Lipinski definition) is 2. The van der Waals surface area contributed by atoms with Gasteiger partial charge >= 0.3 is 5.97 Å². The van der Waals surface area contributed by atoms with Crippen LogP contribution < -0.4 is 0 Å². The molecule has 4 nitrogen and oxygen atoms in total. The predicted octanol–water partition coefficient (Wildman–Crippen LogP) is 3.21. The number of carboxylic acid groups (broad SMARTS) is 1. The Balaban J connectivity index is 2.08. The van der Waals surface area contributed by atoms with Crippen molar-refractivity contribution < 1.29 is 15.0 Å². The number of aliphatic hydroxyl groups is 1. The first kappa shape index (κ1) is 17.6. The van der Waals surface area contributed by atoms with Gasteiger partial charge < -0.3 is 15.1 Å². The second kappa shape index (κ2) is 7.38. The van der Waals surface area contributed by atoms with Crippen LogP contribution in [-0.4, -0.2) is 40.7 Å². The average molecular weight is 339 g/mol. The average Bonchev–Trinajstić information content (AvgIpc) is 2.68. The van der Waals surface area contributed by atoms with Gasteiger partial charge in [0.1, 0.15) is 0 Å². The summed E-state index contributed by atoms with van der Waals surface area (Å²) >= 11 is 0. The van der Waals surface area contributed by atoms with Crippen molar-refractivity contribution in [2.75, 3.05) is 19.6 Å². The van der Waals surface area contributed by atoms with Crippen LogP contribution >= 0.6 is 0 Å². The molecule has 1 aliphatic heterocycles. The van der Waals surface area contributed by atoms with Gasteiger partial charge in [0.05, 0.1) is 0 Å². The maximum Gasteiger partial charge on any atom is 0.345 e. The third-order valence-corrected chi connectivity index (χ3v) is 5.24. The highest BCUT2D eigenvalue weighted by molar-refractivity contribution is 5.84. The summed E-state index contributed by atoms with van der Waals surface area (Å²) < 4.78 is 0. The molecule has 1 aliphatic rings. The molecule has 0 aromatic heterocycles. The van der Waals surface area contributed by atoms with Crippen LogP contribution in [0.4, 0.5) is 0 Å². The molecule has 132 valence electrons. The fraction of sp³-hybridized carbons (Fsp3) is 0.381. The van der Waals surface area contributed by atoms with Gasteiger partial charge in [-0.3, -0.25) is 0 Å². The number of carboxylic acids is 1. The Labute approximate surface area is 148 Å². The minimum absolute atomic E-state index is 0.236. The van der Waals surface area contributed by atoms with Gasteiger partial charge in [-0.05, 0) is 43.0 Å². The molecule has 1 heterocycles. The summed E-state index contributed by atoms with van der Waals surface area (Å²) in [6.07, 6.45) is 2.10. The fourth-order valence-corrected chi connectivity index (χ4v) is 3.85. The molecule has 25 heavy (non-hydrogen) atoms. The molecule has 0 bridgehead atoms. The summed E-state index contributed by atoms with van der Waals surface area (Å²) in [5, 5.41) is 21.2. The first-order valence-electron chi connectivity index (χ1n) is 8.90. The van der Waals surface area contributed by atoms with Crippen molar-refractivity contribution in [3.8, 4) is 0 Å². The predicted molar refractivity (Wildman–Crippen MR) is 97.6 cm³/mol. The number of benzene rings is 2. The first-order valence-corrected chi connectivity index (χ1v) is 8.90. The van der Waals surface area contributed by atoms with E-state index < -0.39 is 11.6 Å². The van der Waals surface area contributed by atoms with E-state index in [-0.39, 0.29) is 5.92 Å². The van der Waals surface area contributed by atoms with E-state index in [0.29, 0.717) is 11.1 Å².